The smallest absolute Gasteiger partial charge is 0.421 e. The number of halogens is 6. The first-order chi connectivity index (χ1) is 19.9. The van der Waals surface area contributed by atoms with Crippen molar-refractivity contribution in [3.63, 3.8) is 0 Å². The van der Waals surface area contributed by atoms with E-state index in [2.05, 4.69) is 27.8 Å². The van der Waals surface area contributed by atoms with Crippen molar-refractivity contribution in [2.45, 2.75) is 160 Å². The fourth-order valence-corrected chi connectivity index (χ4v) is 6.43. The van der Waals surface area contributed by atoms with Crippen molar-refractivity contribution in [2.24, 2.45) is 0 Å². The highest BCUT2D eigenvalue weighted by Crippen LogP contribution is 2.36. The standard InChI is InChI=1S/C27H58N.C2F6NO4S2/c1-5-8-11-14-17-18-21-24-27-28(4,25-22-19-15-12-9-6-2)26-23-20-16-13-10-7-3;3-1(4,5)14(10,11)9-15(12,13)2(6,7)8/h5-27H2,1-4H3;/q+1;-1. The lowest BCUT2D eigenvalue weighted by molar-refractivity contribution is -0.910. The molecule has 0 spiro atoms. The monoisotopic (exact) mass is 676 g/mol. The lowest BCUT2D eigenvalue weighted by Crippen LogP contribution is -2.46. The molecule has 0 bridgehead atoms. The first-order valence-corrected chi connectivity index (χ1v) is 19.0. The number of hydrogen-bond acceptors (Lipinski definition) is 4. The number of sulfonamides is 2. The van der Waals surface area contributed by atoms with E-state index in [9.17, 15) is 43.2 Å². The Morgan fingerprint density at radius 1 is 0.442 bits per heavy atom. The van der Waals surface area contributed by atoms with Crippen LogP contribution in [0.3, 0.4) is 0 Å². The van der Waals surface area contributed by atoms with Gasteiger partial charge < -0.3 is 8.61 Å². The summed E-state index contributed by atoms with van der Waals surface area (Å²) in [4.78, 5) is 0. The van der Waals surface area contributed by atoms with Crippen LogP contribution in [0.15, 0.2) is 0 Å². The van der Waals surface area contributed by atoms with E-state index in [0.29, 0.717) is 0 Å². The maximum Gasteiger partial charge on any atom is 0.480 e. The van der Waals surface area contributed by atoms with E-state index >= 15 is 0 Å². The zero-order valence-corrected chi connectivity index (χ0v) is 28.5. The molecule has 0 saturated heterocycles. The van der Waals surface area contributed by atoms with Gasteiger partial charge >= 0.3 is 11.0 Å². The summed E-state index contributed by atoms with van der Waals surface area (Å²) >= 11 is 0. The second-order valence-electron chi connectivity index (χ2n) is 11.7. The minimum Gasteiger partial charge on any atom is -0.421 e. The van der Waals surface area contributed by atoms with Crippen molar-refractivity contribution in [2.75, 3.05) is 26.7 Å². The van der Waals surface area contributed by atoms with E-state index in [1.165, 1.54) is 153 Å². The van der Waals surface area contributed by atoms with E-state index in [0.717, 1.165) is 4.13 Å². The minimum absolute atomic E-state index is 0.778. The van der Waals surface area contributed by atoms with Gasteiger partial charge in [-0.2, -0.15) is 26.3 Å². The Bertz CT molecular complexity index is 822. The summed E-state index contributed by atoms with van der Waals surface area (Å²) in [5.41, 5.74) is -12.4. The zero-order valence-electron chi connectivity index (χ0n) is 26.9. The SMILES string of the molecule is CCCCCCCCCC[N+](C)(CCCCCCCC)CCCCCCCC.O=S(=O)([N-]S(=O)(=O)C(F)(F)F)C(F)(F)F. The van der Waals surface area contributed by atoms with E-state index in [-0.39, 0.29) is 0 Å². The molecule has 6 nitrogen and oxygen atoms in total. The molecule has 0 aromatic rings. The number of unbranched alkanes of at least 4 members (excludes halogenated alkanes) is 17. The Morgan fingerprint density at radius 3 is 0.860 bits per heavy atom. The predicted octanol–water partition coefficient (Wildman–Crippen LogP) is 10.4. The Labute approximate surface area is 258 Å². The van der Waals surface area contributed by atoms with Crippen LogP contribution in [0.5, 0.6) is 0 Å². The summed E-state index contributed by atoms with van der Waals surface area (Å²) < 4.78 is 111. The number of alkyl halides is 6. The second-order valence-corrected chi connectivity index (χ2v) is 15.1. The highest BCUT2D eigenvalue weighted by molar-refractivity contribution is 8.13. The molecular formula is C29H58F6N2O4S2. The molecule has 0 N–H and O–H groups in total. The van der Waals surface area contributed by atoms with E-state index in [1.54, 1.807) is 0 Å². The first-order valence-electron chi connectivity index (χ1n) is 16.1. The van der Waals surface area contributed by atoms with E-state index in [4.69, 9.17) is 0 Å². The maximum absolute atomic E-state index is 11.4. The lowest BCUT2D eigenvalue weighted by Gasteiger charge is -2.35. The van der Waals surface area contributed by atoms with Gasteiger partial charge in [-0.1, -0.05) is 111 Å². The van der Waals surface area contributed by atoms with E-state index < -0.39 is 31.1 Å². The van der Waals surface area contributed by atoms with Gasteiger partial charge in [-0.25, -0.2) is 16.8 Å². The third kappa shape index (κ3) is 23.4. The van der Waals surface area contributed by atoms with Crippen molar-refractivity contribution >= 4 is 20.0 Å². The fourth-order valence-electron chi connectivity index (χ4n) is 4.72. The van der Waals surface area contributed by atoms with Crippen LogP contribution in [-0.4, -0.2) is 59.0 Å². The molecular weight excluding hydrogens is 618 g/mol. The molecule has 43 heavy (non-hydrogen) atoms. The Balaban J connectivity index is 0. The molecule has 0 rings (SSSR count). The molecule has 262 valence electrons. The molecule has 0 atom stereocenters. The number of quaternary nitrogens is 1. The van der Waals surface area contributed by atoms with Gasteiger partial charge in [-0.05, 0) is 38.5 Å². The summed E-state index contributed by atoms with van der Waals surface area (Å²) in [7, 11) is -10.9. The molecule has 0 radical (unpaired) electrons. The van der Waals surface area contributed by atoms with Gasteiger partial charge in [0.15, 0.2) is 20.0 Å². The third-order valence-corrected chi connectivity index (χ3v) is 10.2. The van der Waals surface area contributed by atoms with Gasteiger partial charge in [0.25, 0.3) is 0 Å². The van der Waals surface area contributed by atoms with Crippen LogP contribution < -0.4 is 0 Å². The van der Waals surface area contributed by atoms with Crippen LogP contribution in [0.1, 0.15) is 149 Å². The van der Waals surface area contributed by atoms with Crippen molar-refractivity contribution in [3.8, 4) is 0 Å². The third-order valence-electron chi connectivity index (χ3n) is 7.44. The van der Waals surface area contributed by atoms with Crippen molar-refractivity contribution in [1.29, 1.82) is 0 Å². The Morgan fingerprint density at radius 2 is 0.651 bits per heavy atom. The molecule has 0 aliphatic heterocycles. The van der Waals surface area contributed by atoms with Crippen molar-refractivity contribution < 1.29 is 47.7 Å². The van der Waals surface area contributed by atoms with Gasteiger partial charge in [-0.15, -0.1) is 0 Å². The van der Waals surface area contributed by atoms with Crippen molar-refractivity contribution in [3.05, 3.63) is 4.13 Å². The van der Waals surface area contributed by atoms with Crippen molar-refractivity contribution in [1.82, 2.24) is 0 Å². The van der Waals surface area contributed by atoms with Gasteiger partial charge in [0, 0.05) is 0 Å². The quantitative estimate of drug-likeness (QED) is 0.0547. The fraction of sp³-hybridized carbons (Fsp3) is 1.00. The summed E-state index contributed by atoms with van der Waals surface area (Å²) in [6.45, 7) is 11.2. The van der Waals surface area contributed by atoms with Gasteiger partial charge in [-0.3, -0.25) is 0 Å². The van der Waals surface area contributed by atoms with E-state index in [1.807, 2.05) is 0 Å². The number of nitrogens with zero attached hydrogens (tertiary/aromatic N) is 2. The summed E-state index contributed by atoms with van der Waals surface area (Å²) in [6, 6.07) is 0. The average Bonchev–Trinajstić information content (AvgIpc) is 2.88. The number of hydrogen-bond donors (Lipinski definition) is 0. The maximum atomic E-state index is 11.4. The zero-order chi connectivity index (χ0) is 33.5. The van der Waals surface area contributed by atoms with Gasteiger partial charge in [0.2, 0.25) is 0 Å². The molecule has 0 unspecified atom stereocenters. The molecule has 0 heterocycles. The lowest BCUT2D eigenvalue weighted by atomic mass is 10.1. The minimum atomic E-state index is -6.72. The van der Waals surface area contributed by atoms with Crippen LogP contribution in [-0.2, 0) is 20.0 Å². The molecule has 0 aliphatic rings. The van der Waals surface area contributed by atoms with Crippen LogP contribution in [0.4, 0.5) is 26.3 Å². The summed E-state index contributed by atoms with van der Waals surface area (Å²) in [5.74, 6) is 0. The molecule has 0 aromatic carbocycles. The number of rotatable bonds is 25. The topological polar surface area (TPSA) is 82.4 Å². The largest absolute Gasteiger partial charge is 0.480 e. The second kappa shape index (κ2) is 23.7. The Kier molecular flexibility index (Phi) is 24.5. The average molecular weight is 677 g/mol. The molecule has 0 aliphatic carbocycles. The van der Waals surface area contributed by atoms with Gasteiger partial charge in [0.1, 0.15) is 0 Å². The molecule has 0 fully saturated rings. The summed E-state index contributed by atoms with van der Waals surface area (Å²) in [5, 5.41) is 0. The first kappa shape index (κ1) is 44.5. The van der Waals surface area contributed by atoms with Crippen LogP contribution in [0.2, 0.25) is 0 Å². The molecule has 14 heteroatoms. The highest BCUT2D eigenvalue weighted by atomic mass is 32.3. The Hall–Kier alpha value is -0.600. The normalized spacial score (nSPS) is 13.2. The van der Waals surface area contributed by atoms with Crippen LogP contribution in [0.25, 0.3) is 4.13 Å². The molecule has 0 amide bonds. The van der Waals surface area contributed by atoms with Gasteiger partial charge in [0.05, 0.1) is 26.7 Å². The van der Waals surface area contributed by atoms with Crippen LogP contribution >= 0.6 is 0 Å². The summed E-state index contributed by atoms with van der Waals surface area (Å²) in [6.07, 6.45) is 28.8. The predicted molar refractivity (Wildman–Crippen MR) is 163 cm³/mol. The molecule has 0 saturated carbocycles. The molecule has 0 aromatic heterocycles. The highest BCUT2D eigenvalue weighted by Gasteiger charge is 2.46. The van der Waals surface area contributed by atoms with Crippen LogP contribution in [0, 0.1) is 0 Å².